The molecule has 7 heteroatoms. The number of likely N-dealkylation sites (N-methyl/N-ethyl adjacent to an activating group) is 1. The van der Waals surface area contributed by atoms with Crippen LogP contribution in [0.1, 0.15) is 6.42 Å². The molecular formula is C10H16Cl2N4S. The van der Waals surface area contributed by atoms with E-state index >= 15 is 0 Å². The fraction of sp³-hybridized carbons (Fsp3) is 0.600. The Morgan fingerprint density at radius 1 is 1.53 bits per heavy atom. The molecule has 1 atom stereocenters. The summed E-state index contributed by atoms with van der Waals surface area (Å²) >= 11 is 7.48. The highest BCUT2D eigenvalue weighted by molar-refractivity contribution is 7.98. The number of nitrogens with zero attached hydrogens (tertiary/aromatic N) is 3. The Labute approximate surface area is 117 Å². The van der Waals surface area contributed by atoms with Gasteiger partial charge in [0.25, 0.3) is 0 Å². The zero-order valence-corrected chi connectivity index (χ0v) is 12.2. The molecule has 2 heterocycles. The summed E-state index contributed by atoms with van der Waals surface area (Å²) in [5, 5.41) is 4.57. The topological polar surface area (TPSA) is 41.1 Å². The van der Waals surface area contributed by atoms with Gasteiger partial charge in [-0.3, -0.25) is 0 Å². The molecule has 0 spiro atoms. The molecule has 0 aromatic carbocycles. The lowest BCUT2D eigenvalue weighted by atomic mass is 10.2. The molecule has 0 aliphatic carbocycles. The second kappa shape index (κ2) is 6.64. The summed E-state index contributed by atoms with van der Waals surface area (Å²) in [5.41, 5.74) is 0. The molecule has 1 aliphatic heterocycles. The summed E-state index contributed by atoms with van der Waals surface area (Å²) < 4.78 is 0. The minimum atomic E-state index is 0. The fourth-order valence-electron chi connectivity index (χ4n) is 1.81. The summed E-state index contributed by atoms with van der Waals surface area (Å²) in [6.07, 6.45) is 3.10. The van der Waals surface area contributed by atoms with Crippen LogP contribution in [0.3, 0.4) is 0 Å². The monoisotopic (exact) mass is 294 g/mol. The maximum atomic E-state index is 5.97. The van der Waals surface area contributed by atoms with Crippen LogP contribution >= 0.6 is 35.8 Å². The van der Waals surface area contributed by atoms with E-state index in [2.05, 4.69) is 27.2 Å². The van der Waals surface area contributed by atoms with Crippen molar-refractivity contribution in [3.8, 4) is 0 Å². The van der Waals surface area contributed by atoms with Crippen molar-refractivity contribution in [2.24, 2.45) is 0 Å². The molecule has 0 unspecified atom stereocenters. The van der Waals surface area contributed by atoms with Crippen molar-refractivity contribution >= 4 is 41.6 Å². The fourth-order valence-corrected chi connectivity index (χ4v) is 2.42. The van der Waals surface area contributed by atoms with Crippen LogP contribution in [0.25, 0.3) is 0 Å². The first-order valence-corrected chi connectivity index (χ1v) is 6.83. The van der Waals surface area contributed by atoms with E-state index in [-0.39, 0.29) is 12.4 Å². The zero-order valence-electron chi connectivity index (χ0n) is 9.81. The quantitative estimate of drug-likeness (QED) is 0.525. The van der Waals surface area contributed by atoms with Crippen molar-refractivity contribution in [2.75, 3.05) is 31.3 Å². The van der Waals surface area contributed by atoms with Gasteiger partial charge in [-0.05, 0) is 19.2 Å². The first kappa shape index (κ1) is 14.8. The molecule has 96 valence electrons. The molecule has 1 aromatic rings. The first-order valence-electron chi connectivity index (χ1n) is 5.23. The molecule has 4 nitrogen and oxygen atoms in total. The number of anilines is 1. The molecule has 0 amide bonds. The molecular weight excluding hydrogens is 279 g/mol. The van der Waals surface area contributed by atoms with Gasteiger partial charge >= 0.3 is 0 Å². The standard InChI is InChI=1S/C10H15ClN4S.ClH/c1-15(7-3-4-12-6-7)9-5-8(11)13-10(14-9)16-2;/h5,7,12H,3-4,6H2,1-2H3;1H/t7-;/m0./s1. The number of nitrogens with one attached hydrogen (secondary N) is 1. The minimum absolute atomic E-state index is 0. The summed E-state index contributed by atoms with van der Waals surface area (Å²) in [7, 11) is 2.06. The highest BCUT2D eigenvalue weighted by Gasteiger charge is 2.20. The SMILES string of the molecule is CSc1nc(Cl)cc(N(C)[C@H]2CCNC2)n1.Cl. The lowest BCUT2D eigenvalue weighted by Gasteiger charge is -2.24. The molecule has 17 heavy (non-hydrogen) atoms. The molecule has 1 aromatic heterocycles. The third-order valence-corrected chi connectivity index (χ3v) is 3.53. The number of aromatic nitrogens is 2. The van der Waals surface area contributed by atoms with Gasteiger partial charge in [-0.15, -0.1) is 12.4 Å². The van der Waals surface area contributed by atoms with E-state index in [1.54, 1.807) is 0 Å². The van der Waals surface area contributed by atoms with Crippen molar-refractivity contribution < 1.29 is 0 Å². The Balaban J connectivity index is 0.00000144. The predicted molar refractivity (Wildman–Crippen MR) is 75.7 cm³/mol. The van der Waals surface area contributed by atoms with Gasteiger partial charge < -0.3 is 10.2 Å². The van der Waals surface area contributed by atoms with Crippen LogP contribution in [0.5, 0.6) is 0 Å². The Morgan fingerprint density at radius 3 is 2.88 bits per heavy atom. The number of hydrogen-bond acceptors (Lipinski definition) is 5. The maximum Gasteiger partial charge on any atom is 0.190 e. The number of halogens is 2. The Bertz CT molecular complexity index is 371. The van der Waals surface area contributed by atoms with Crippen LogP contribution < -0.4 is 10.2 Å². The van der Waals surface area contributed by atoms with E-state index in [9.17, 15) is 0 Å². The minimum Gasteiger partial charge on any atom is -0.355 e. The number of hydrogen-bond donors (Lipinski definition) is 1. The lowest BCUT2D eigenvalue weighted by Crippen LogP contribution is -2.34. The molecule has 1 saturated heterocycles. The van der Waals surface area contributed by atoms with Crippen molar-refractivity contribution in [1.29, 1.82) is 0 Å². The van der Waals surface area contributed by atoms with Crippen LogP contribution in [0.15, 0.2) is 11.2 Å². The molecule has 0 bridgehead atoms. The Kier molecular flexibility index (Phi) is 5.79. The summed E-state index contributed by atoms with van der Waals surface area (Å²) in [6, 6.07) is 2.32. The summed E-state index contributed by atoms with van der Waals surface area (Å²) in [6.45, 7) is 2.08. The normalized spacial score (nSPS) is 18.9. The van der Waals surface area contributed by atoms with Gasteiger partial charge in [0.2, 0.25) is 0 Å². The zero-order chi connectivity index (χ0) is 11.5. The van der Waals surface area contributed by atoms with E-state index in [4.69, 9.17) is 11.6 Å². The van der Waals surface area contributed by atoms with E-state index in [0.717, 1.165) is 30.5 Å². The third kappa shape index (κ3) is 3.61. The average molecular weight is 295 g/mol. The summed E-state index contributed by atoms with van der Waals surface area (Å²) in [4.78, 5) is 10.8. The average Bonchev–Trinajstić information content (AvgIpc) is 2.80. The van der Waals surface area contributed by atoms with Crippen molar-refractivity contribution in [3.05, 3.63) is 11.2 Å². The van der Waals surface area contributed by atoms with Crippen molar-refractivity contribution in [3.63, 3.8) is 0 Å². The second-order valence-electron chi connectivity index (χ2n) is 3.79. The number of rotatable bonds is 3. The van der Waals surface area contributed by atoms with Gasteiger partial charge in [-0.25, -0.2) is 9.97 Å². The third-order valence-electron chi connectivity index (χ3n) is 2.79. The Morgan fingerprint density at radius 2 is 2.29 bits per heavy atom. The van der Waals surface area contributed by atoms with Crippen LogP contribution in [-0.4, -0.2) is 42.4 Å². The highest BCUT2D eigenvalue weighted by Crippen LogP contribution is 2.22. The maximum absolute atomic E-state index is 5.97. The van der Waals surface area contributed by atoms with E-state index < -0.39 is 0 Å². The van der Waals surface area contributed by atoms with E-state index in [1.165, 1.54) is 11.8 Å². The van der Waals surface area contributed by atoms with Crippen LogP contribution in [0, 0.1) is 0 Å². The van der Waals surface area contributed by atoms with Crippen LogP contribution in [-0.2, 0) is 0 Å². The molecule has 1 aliphatic rings. The summed E-state index contributed by atoms with van der Waals surface area (Å²) in [5.74, 6) is 0.901. The lowest BCUT2D eigenvalue weighted by molar-refractivity contribution is 0.672. The first-order chi connectivity index (χ1) is 7.70. The van der Waals surface area contributed by atoms with Gasteiger partial charge in [0.15, 0.2) is 5.16 Å². The van der Waals surface area contributed by atoms with E-state index in [1.807, 2.05) is 12.3 Å². The van der Waals surface area contributed by atoms with Gasteiger partial charge in [0.1, 0.15) is 11.0 Å². The molecule has 2 rings (SSSR count). The molecule has 1 fully saturated rings. The molecule has 0 saturated carbocycles. The number of thioether (sulfide) groups is 1. The predicted octanol–water partition coefficient (Wildman–Crippen LogP) is 2.07. The van der Waals surface area contributed by atoms with Crippen LogP contribution in [0.4, 0.5) is 5.82 Å². The van der Waals surface area contributed by atoms with Crippen molar-refractivity contribution in [1.82, 2.24) is 15.3 Å². The van der Waals surface area contributed by atoms with Gasteiger partial charge in [-0.1, -0.05) is 23.4 Å². The molecule has 1 N–H and O–H groups in total. The highest BCUT2D eigenvalue weighted by atomic mass is 35.5. The van der Waals surface area contributed by atoms with Gasteiger partial charge in [-0.2, -0.15) is 0 Å². The van der Waals surface area contributed by atoms with E-state index in [0.29, 0.717) is 11.2 Å². The smallest absolute Gasteiger partial charge is 0.190 e. The Hall–Kier alpha value is -0.230. The van der Waals surface area contributed by atoms with Crippen LogP contribution in [0.2, 0.25) is 5.15 Å². The van der Waals surface area contributed by atoms with Gasteiger partial charge in [0.05, 0.1) is 0 Å². The van der Waals surface area contributed by atoms with Crippen molar-refractivity contribution in [2.45, 2.75) is 17.6 Å². The van der Waals surface area contributed by atoms with Gasteiger partial charge in [0, 0.05) is 25.7 Å². The largest absolute Gasteiger partial charge is 0.355 e. The second-order valence-corrected chi connectivity index (χ2v) is 4.95. The molecule has 0 radical (unpaired) electrons.